The summed E-state index contributed by atoms with van der Waals surface area (Å²) in [6.45, 7) is 0. The van der Waals surface area contributed by atoms with Crippen LogP contribution in [0, 0.1) is 5.82 Å². The van der Waals surface area contributed by atoms with Crippen molar-refractivity contribution < 1.29 is 13.4 Å². The summed E-state index contributed by atoms with van der Waals surface area (Å²) in [5.41, 5.74) is 0. The lowest BCUT2D eigenvalue weighted by molar-refractivity contribution is -0.118. The molecular weight excluding hydrogens is 229 g/mol. The van der Waals surface area contributed by atoms with Gasteiger partial charge < -0.3 is 5.32 Å². The molecule has 0 aromatic heterocycles. The molecule has 5 heteroatoms. The third-order valence-electron chi connectivity index (χ3n) is 2.26. The molecule has 1 aliphatic carbocycles. The molecule has 0 heterocycles. The summed E-state index contributed by atoms with van der Waals surface area (Å²) in [6, 6.07) is 5.79. The van der Waals surface area contributed by atoms with Gasteiger partial charge in [-0.05, 0) is 31.0 Å². The SMILES string of the molecule is O=C(CS(=O)c1cccc(F)c1)NC1CC1. The molecule has 0 radical (unpaired) electrons. The molecule has 1 saturated carbocycles. The molecule has 0 bridgehead atoms. The van der Waals surface area contributed by atoms with Gasteiger partial charge >= 0.3 is 0 Å². The van der Waals surface area contributed by atoms with Crippen LogP contribution in [0.15, 0.2) is 29.2 Å². The first-order chi connectivity index (χ1) is 7.65. The van der Waals surface area contributed by atoms with E-state index in [-0.39, 0.29) is 17.7 Å². The van der Waals surface area contributed by atoms with Crippen molar-refractivity contribution in [2.24, 2.45) is 0 Å². The molecule has 2 rings (SSSR count). The van der Waals surface area contributed by atoms with E-state index in [1.165, 1.54) is 18.2 Å². The Morgan fingerprint density at radius 3 is 2.88 bits per heavy atom. The quantitative estimate of drug-likeness (QED) is 0.861. The van der Waals surface area contributed by atoms with Crippen LogP contribution in [0.3, 0.4) is 0 Å². The zero-order valence-electron chi connectivity index (χ0n) is 8.61. The number of rotatable bonds is 4. The number of hydrogen-bond donors (Lipinski definition) is 1. The lowest BCUT2D eigenvalue weighted by Crippen LogP contribution is -2.30. The topological polar surface area (TPSA) is 46.2 Å². The average molecular weight is 241 g/mol. The van der Waals surface area contributed by atoms with E-state index in [2.05, 4.69) is 5.32 Å². The summed E-state index contributed by atoms with van der Waals surface area (Å²) < 4.78 is 24.5. The number of halogens is 1. The van der Waals surface area contributed by atoms with Crippen LogP contribution in [0.1, 0.15) is 12.8 Å². The number of carbonyl (C=O) groups excluding carboxylic acids is 1. The number of amides is 1. The van der Waals surface area contributed by atoms with Gasteiger partial charge in [-0.2, -0.15) is 0 Å². The van der Waals surface area contributed by atoms with Crippen molar-refractivity contribution in [2.45, 2.75) is 23.8 Å². The van der Waals surface area contributed by atoms with Crippen molar-refractivity contribution in [3.63, 3.8) is 0 Å². The lowest BCUT2D eigenvalue weighted by Gasteiger charge is -2.03. The molecule has 86 valence electrons. The Bertz CT molecular complexity index is 432. The highest BCUT2D eigenvalue weighted by atomic mass is 32.2. The molecule has 0 spiro atoms. The van der Waals surface area contributed by atoms with Gasteiger partial charge in [-0.3, -0.25) is 9.00 Å². The van der Waals surface area contributed by atoms with Crippen LogP contribution in [0.4, 0.5) is 4.39 Å². The van der Waals surface area contributed by atoms with Crippen molar-refractivity contribution in [1.29, 1.82) is 0 Å². The molecule has 1 N–H and O–H groups in total. The van der Waals surface area contributed by atoms with Crippen LogP contribution in [-0.2, 0) is 15.6 Å². The third kappa shape index (κ3) is 3.13. The maximum absolute atomic E-state index is 12.9. The summed E-state index contributed by atoms with van der Waals surface area (Å²) in [4.78, 5) is 11.7. The second-order valence-electron chi connectivity index (χ2n) is 3.79. The molecule has 0 aliphatic heterocycles. The molecule has 1 unspecified atom stereocenters. The monoisotopic (exact) mass is 241 g/mol. The summed E-state index contributed by atoms with van der Waals surface area (Å²) >= 11 is 0. The Hall–Kier alpha value is -1.23. The van der Waals surface area contributed by atoms with E-state index in [4.69, 9.17) is 0 Å². The fraction of sp³-hybridized carbons (Fsp3) is 0.364. The van der Waals surface area contributed by atoms with Crippen LogP contribution < -0.4 is 5.32 Å². The Labute approximate surface area is 95.5 Å². The van der Waals surface area contributed by atoms with Crippen molar-refractivity contribution >= 4 is 16.7 Å². The fourth-order valence-corrected chi connectivity index (χ4v) is 2.27. The van der Waals surface area contributed by atoms with Gasteiger partial charge in [-0.25, -0.2) is 4.39 Å². The van der Waals surface area contributed by atoms with E-state index in [0.717, 1.165) is 12.8 Å². The van der Waals surface area contributed by atoms with Gasteiger partial charge in [0.15, 0.2) is 0 Å². The molecule has 1 aliphatic rings. The van der Waals surface area contributed by atoms with E-state index >= 15 is 0 Å². The van der Waals surface area contributed by atoms with Crippen molar-refractivity contribution in [3.8, 4) is 0 Å². The molecule has 1 amide bonds. The Morgan fingerprint density at radius 2 is 2.25 bits per heavy atom. The van der Waals surface area contributed by atoms with E-state index < -0.39 is 16.6 Å². The lowest BCUT2D eigenvalue weighted by atomic mass is 10.4. The van der Waals surface area contributed by atoms with Gasteiger partial charge in [0.1, 0.15) is 11.6 Å². The Morgan fingerprint density at radius 1 is 1.50 bits per heavy atom. The molecule has 1 aromatic rings. The molecule has 3 nitrogen and oxygen atoms in total. The van der Waals surface area contributed by atoms with Crippen LogP contribution in [-0.4, -0.2) is 21.9 Å². The van der Waals surface area contributed by atoms with Crippen LogP contribution in [0.2, 0.25) is 0 Å². The Balaban J connectivity index is 1.93. The predicted octanol–water partition coefficient (Wildman–Crippen LogP) is 1.21. The standard InChI is InChI=1S/C11H12FNO2S/c12-8-2-1-3-10(6-8)16(15)7-11(14)13-9-4-5-9/h1-3,6,9H,4-5,7H2,(H,13,14). The third-order valence-corrected chi connectivity index (χ3v) is 3.57. The highest BCUT2D eigenvalue weighted by Crippen LogP contribution is 2.18. The largest absolute Gasteiger partial charge is 0.353 e. The minimum Gasteiger partial charge on any atom is -0.353 e. The fourth-order valence-electron chi connectivity index (χ4n) is 1.31. The predicted molar refractivity (Wildman–Crippen MR) is 58.8 cm³/mol. The van der Waals surface area contributed by atoms with Gasteiger partial charge in [0, 0.05) is 10.9 Å². The minimum atomic E-state index is -1.46. The van der Waals surface area contributed by atoms with Crippen LogP contribution in [0.5, 0.6) is 0 Å². The summed E-state index contributed by atoms with van der Waals surface area (Å²) in [7, 11) is -1.46. The second-order valence-corrected chi connectivity index (χ2v) is 5.24. The van der Waals surface area contributed by atoms with Gasteiger partial charge in [-0.1, -0.05) is 6.07 Å². The van der Waals surface area contributed by atoms with E-state index in [9.17, 15) is 13.4 Å². The molecule has 1 atom stereocenters. The minimum absolute atomic E-state index is 0.0973. The maximum Gasteiger partial charge on any atom is 0.233 e. The number of hydrogen-bond acceptors (Lipinski definition) is 2. The first-order valence-electron chi connectivity index (χ1n) is 5.08. The van der Waals surface area contributed by atoms with E-state index in [1.807, 2.05) is 0 Å². The summed E-state index contributed by atoms with van der Waals surface area (Å²) in [6.07, 6.45) is 2.00. The van der Waals surface area contributed by atoms with Crippen LogP contribution >= 0.6 is 0 Å². The Kier molecular flexibility index (Phi) is 3.33. The van der Waals surface area contributed by atoms with Crippen molar-refractivity contribution in [3.05, 3.63) is 30.1 Å². The van der Waals surface area contributed by atoms with Crippen molar-refractivity contribution in [2.75, 3.05) is 5.75 Å². The molecule has 1 fully saturated rings. The number of nitrogens with one attached hydrogen (secondary N) is 1. The van der Waals surface area contributed by atoms with E-state index in [0.29, 0.717) is 4.90 Å². The van der Waals surface area contributed by atoms with Crippen LogP contribution in [0.25, 0.3) is 0 Å². The van der Waals surface area contributed by atoms with Gasteiger partial charge in [0.05, 0.1) is 10.8 Å². The molecule has 16 heavy (non-hydrogen) atoms. The van der Waals surface area contributed by atoms with Gasteiger partial charge in [0.25, 0.3) is 0 Å². The second kappa shape index (κ2) is 4.74. The first-order valence-corrected chi connectivity index (χ1v) is 6.40. The zero-order chi connectivity index (χ0) is 11.5. The highest BCUT2D eigenvalue weighted by Gasteiger charge is 2.24. The summed E-state index contributed by atoms with van der Waals surface area (Å²) in [5, 5.41) is 2.74. The first kappa shape index (κ1) is 11.3. The van der Waals surface area contributed by atoms with Gasteiger partial charge in [0.2, 0.25) is 5.91 Å². The normalized spacial score (nSPS) is 16.8. The zero-order valence-corrected chi connectivity index (χ0v) is 9.43. The average Bonchev–Trinajstić information content (AvgIpc) is 3.01. The number of benzene rings is 1. The highest BCUT2D eigenvalue weighted by molar-refractivity contribution is 7.85. The van der Waals surface area contributed by atoms with Gasteiger partial charge in [-0.15, -0.1) is 0 Å². The molecule has 0 saturated heterocycles. The summed E-state index contributed by atoms with van der Waals surface area (Å²) in [5.74, 6) is -0.765. The van der Waals surface area contributed by atoms with Crippen molar-refractivity contribution in [1.82, 2.24) is 5.32 Å². The molecule has 1 aromatic carbocycles. The smallest absolute Gasteiger partial charge is 0.233 e. The van der Waals surface area contributed by atoms with E-state index in [1.54, 1.807) is 6.07 Å². The maximum atomic E-state index is 12.9. The molecular formula is C11H12FNO2S. The number of carbonyl (C=O) groups is 1.